The van der Waals surface area contributed by atoms with Crippen LogP contribution in [0, 0.1) is 11.8 Å². The van der Waals surface area contributed by atoms with Crippen LogP contribution in [0.2, 0.25) is 0 Å². The minimum atomic E-state index is -0.966. The zero-order valence-electron chi connectivity index (χ0n) is 10.6. The standard InChI is InChI=1S/C15H16O4/c16-12-13-4-1-2-5-14(13)19-9-3-6-15(17)7-10-18-11-8-15/h1-2,4-5,12,17H,7-11H2. The Morgan fingerprint density at radius 2 is 2.11 bits per heavy atom. The van der Waals surface area contributed by atoms with Crippen LogP contribution in [0.4, 0.5) is 0 Å². The second-order valence-corrected chi connectivity index (χ2v) is 4.39. The summed E-state index contributed by atoms with van der Waals surface area (Å²) in [6.45, 7) is 1.20. The Hall–Kier alpha value is -1.83. The Balaban J connectivity index is 1.91. The number of aliphatic hydroxyl groups is 1. The van der Waals surface area contributed by atoms with Crippen LogP contribution in [0.15, 0.2) is 24.3 Å². The van der Waals surface area contributed by atoms with Gasteiger partial charge in [-0.1, -0.05) is 24.0 Å². The molecule has 1 N–H and O–H groups in total. The van der Waals surface area contributed by atoms with Crippen molar-refractivity contribution in [1.82, 2.24) is 0 Å². The first kappa shape index (κ1) is 13.6. The van der Waals surface area contributed by atoms with Crippen molar-refractivity contribution in [1.29, 1.82) is 0 Å². The van der Waals surface area contributed by atoms with Gasteiger partial charge in [-0.2, -0.15) is 0 Å². The lowest BCUT2D eigenvalue weighted by Gasteiger charge is -2.26. The average Bonchev–Trinajstić information content (AvgIpc) is 2.45. The SMILES string of the molecule is O=Cc1ccccc1OCC#CC1(O)CCOCC1. The molecule has 0 spiro atoms. The van der Waals surface area contributed by atoms with Crippen LogP contribution >= 0.6 is 0 Å². The summed E-state index contributed by atoms with van der Waals surface area (Å²) in [5, 5.41) is 10.1. The highest BCUT2D eigenvalue weighted by molar-refractivity contribution is 5.79. The van der Waals surface area contributed by atoms with Gasteiger partial charge in [-0.15, -0.1) is 0 Å². The summed E-state index contributed by atoms with van der Waals surface area (Å²) in [5.74, 6) is 6.12. The third-order valence-electron chi connectivity index (χ3n) is 2.99. The molecule has 1 aliphatic heterocycles. The van der Waals surface area contributed by atoms with Gasteiger partial charge in [0.15, 0.2) is 6.29 Å². The maximum atomic E-state index is 10.8. The van der Waals surface area contributed by atoms with Gasteiger partial charge in [0, 0.05) is 12.8 Å². The van der Waals surface area contributed by atoms with Crippen molar-refractivity contribution < 1.29 is 19.4 Å². The monoisotopic (exact) mass is 260 g/mol. The number of ether oxygens (including phenoxy) is 2. The molecule has 1 aromatic carbocycles. The highest BCUT2D eigenvalue weighted by Crippen LogP contribution is 2.19. The zero-order valence-corrected chi connectivity index (χ0v) is 10.6. The Labute approximate surface area is 112 Å². The van der Waals surface area contributed by atoms with Gasteiger partial charge in [0.2, 0.25) is 0 Å². The molecule has 1 fully saturated rings. The predicted molar refractivity (Wildman–Crippen MR) is 70.1 cm³/mol. The maximum Gasteiger partial charge on any atom is 0.153 e. The predicted octanol–water partition coefficient (Wildman–Crippen LogP) is 1.42. The molecule has 0 unspecified atom stereocenters. The number of carbonyl (C=O) groups excluding carboxylic acids is 1. The normalized spacial score (nSPS) is 17.1. The van der Waals surface area contributed by atoms with Crippen molar-refractivity contribution in [2.75, 3.05) is 19.8 Å². The van der Waals surface area contributed by atoms with E-state index in [1.54, 1.807) is 24.3 Å². The van der Waals surface area contributed by atoms with Crippen LogP contribution < -0.4 is 4.74 Å². The van der Waals surface area contributed by atoms with Crippen molar-refractivity contribution in [3.63, 3.8) is 0 Å². The lowest BCUT2D eigenvalue weighted by Crippen LogP contribution is -2.34. The lowest BCUT2D eigenvalue weighted by molar-refractivity contribution is -0.0262. The molecule has 0 aliphatic carbocycles. The molecule has 0 bridgehead atoms. The van der Waals surface area contributed by atoms with Crippen LogP contribution in [0.5, 0.6) is 5.75 Å². The summed E-state index contributed by atoms with van der Waals surface area (Å²) in [6, 6.07) is 6.96. The summed E-state index contributed by atoms with van der Waals surface area (Å²) < 4.78 is 10.6. The first-order valence-electron chi connectivity index (χ1n) is 6.21. The van der Waals surface area contributed by atoms with Crippen LogP contribution in [0.3, 0.4) is 0 Å². The number of benzene rings is 1. The van der Waals surface area contributed by atoms with Crippen molar-refractivity contribution in [3.05, 3.63) is 29.8 Å². The third-order valence-corrected chi connectivity index (χ3v) is 2.99. The average molecular weight is 260 g/mol. The molecular formula is C15H16O4. The van der Waals surface area contributed by atoms with E-state index < -0.39 is 5.60 Å². The van der Waals surface area contributed by atoms with Crippen molar-refractivity contribution in [3.8, 4) is 17.6 Å². The second-order valence-electron chi connectivity index (χ2n) is 4.39. The zero-order chi connectivity index (χ0) is 13.6. The van der Waals surface area contributed by atoms with E-state index in [-0.39, 0.29) is 6.61 Å². The summed E-state index contributed by atoms with van der Waals surface area (Å²) >= 11 is 0. The fourth-order valence-corrected chi connectivity index (χ4v) is 1.86. The van der Waals surface area contributed by atoms with Gasteiger partial charge >= 0.3 is 0 Å². The highest BCUT2D eigenvalue weighted by Gasteiger charge is 2.27. The van der Waals surface area contributed by atoms with E-state index in [0.29, 0.717) is 37.4 Å². The molecule has 100 valence electrons. The van der Waals surface area contributed by atoms with E-state index in [2.05, 4.69) is 11.8 Å². The van der Waals surface area contributed by atoms with Gasteiger partial charge in [-0.25, -0.2) is 0 Å². The van der Waals surface area contributed by atoms with Gasteiger partial charge in [0.1, 0.15) is 18.0 Å². The second kappa shape index (κ2) is 6.37. The maximum absolute atomic E-state index is 10.8. The molecule has 1 heterocycles. The van der Waals surface area contributed by atoms with E-state index in [1.807, 2.05) is 0 Å². The molecule has 1 aromatic rings. The lowest BCUT2D eigenvalue weighted by atomic mass is 9.95. The fourth-order valence-electron chi connectivity index (χ4n) is 1.86. The Morgan fingerprint density at radius 1 is 1.37 bits per heavy atom. The van der Waals surface area contributed by atoms with Gasteiger partial charge in [0.25, 0.3) is 0 Å². The molecule has 0 amide bonds. The largest absolute Gasteiger partial charge is 0.480 e. The number of hydrogen-bond donors (Lipinski definition) is 1. The van der Waals surface area contributed by atoms with Gasteiger partial charge in [0.05, 0.1) is 18.8 Å². The molecular weight excluding hydrogens is 244 g/mol. The van der Waals surface area contributed by atoms with E-state index in [4.69, 9.17) is 9.47 Å². The minimum Gasteiger partial charge on any atom is -0.480 e. The smallest absolute Gasteiger partial charge is 0.153 e. The van der Waals surface area contributed by atoms with Crippen LogP contribution in [-0.4, -0.2) is 36.8 Å². The van der Waals surface area contributed by atoms with E-state index in [0.717, 1.165) is 6.29 Å². The number of para-hydroxylation sites is 1. The summed E-state index contributed by atoms with van der Waals surface area (Å²) in [4.78, 5) is 10.8. The molecule has 1 aliphatic rings. The molecule has 1 saturated heterocycles. The Kier molecular flexibility index (Phi) is 4.56. The first-order chi connectivity index (χ1) is 9.23. The Morgan fingerprint density at radius 3 is 2.84 bits per heavy atom. The molecule has 2 rings (SSSR count). The number of aldehydes is 1. The number of carbonyl (C=O) groups is 1. The van der Waals surface area contributed by atoms with E-state index in [1.165, 1.54) is 0 Å². The minimum absolute atomic E-state index is 0.147. The molecule has 0 radical (unpaired) electrons. The molecule has 0 saturated carbocycles. The molecule has 4 heteroatoms. The van der Waals surface area contributed by atoms with Crippen molar-refractivity contribution >= 4 is 6.29 Å². The molecule has 0 aromatic heterocycles. The van der Waals surface area contributed by atoms with Crippen LogP contribution in [0.25, 0.3) is 0 Å². The number of rotatable bonds is 3. The highest BCUT2D eigenvalue weighted by atomic mass is 16.5. The van der Waals surface area contributed by atoms with Crippen LogP contribution in [-0.2, 0) is 4.74 Å². The first-order valence-corrected chi connectivity index (χ1v) is 6.21. The summed E-state index contributed by atoms with van der Waals surface area (Å²) in [6.07, 6.45) is 1.78. The van der Waals surface area contributed by atoms with Gasteiger partial charge < -0.3 is 14.6 Å². The molecule has 19 heavy (non-hydrogen) atoms. The van der Waals surface area contributed by atoms with Crippen LogP contribution in [0.1, 0.15) is 23.2 Å². The molecule has 0 atom stereocenters. The van der Waals surface area contributed by atoms with E-state index in [9.17, 15) is 9.90 Å². The van der Waals surface area contributed by atoms with Gasteiger partial charge in [-0.3, -0.25) is 4.79 Å². The third kappa shape index (κ3) is 3.82. The summed E-state index contributed by atoms with van der Waals surface area (Å²) in [7, 11) is 0. The molecule has 4 nitrogen and oxygen atoms in total. The Bertz CT molecular complexity index is 492. The van der Waals surface area contributed by atoms with Gasteiger partial charge in [-0.05, 0) is 12.1 Å². The van der Waals surface area contributed by atoms with E-state index >= 15 is 0 Å². The quantitative estimate of drug-likeness (QED) is 0.659. The number of hydrogen-bond acceptors (Lipinski definition) is 4. The topological polar surface area (TPSA) is 55.8 Å². The van der Waals surface area contributed by atoms with Crippen molar-refractivity contribution in [2.24, 2.45) is 0 Å². The summed E-state index contributed by atoms with van der Waals surface area (Å²) in [5.41, 5.74) is -0.472. The van der Waals surface area contributed by atoms with Crippen molar-refractivity contribution in [2.45, 2.75) is 18.4 Å². The fraction of sp³-hybridized carbons (Fsp3) is 0.400.